The molecule has 0 bridgehead atoms. The molecule has 0 saturated carbocycles. The van der Waals surface area contributed by atoms with Crippen LogP contribution in [0, 0.1) is 0 Å². The van der Waals surface area contributed by atoms with Crippen LogP contribution in [-0.4, -0.2) is 13.0 Å². The molecule has 0 unspecified atom stereocenters. The molecule has 4 N–H and O–H groups in total. The Morgan fingerprint density at radius 1 is 1.25 bits per heavy atom. The maximum atomic E-state index is 11.0. The van der Waals surface area contributed by atoms with Crippen LogP contribution >= 0.6 is 11.8 Å². The number of primary amides is 1. The molecule has 0 aromatic heterocycles. The lowest BCUT2D eigenvalue weighted by molar-refractivity contribution is -0.117. The summed E-state index contributed by atoms with van der Waals surface area (Å²) in [5.41, 5.74) is 12.4. The molecule has 2 rings (SSSR count). The number of anilines is 1. The summed E-state index contributed by atoms with van der Waals surface area (Å²) in [6, 6.07) is 13.3. The van der Waals surface area contributed by atoms with E-state index in [4.69, 9.17) is 16.2 Å². The molecule has 0 aliphatic carbocycles. The molecule has 20 heavy (non-hydrogen) atoms. The van der Waals surface area contributed by atoms with Gasteiger partial charge >= 0.3 is 0 Å². The van der Waals surface area contributed by atoms with Crippen molar-refractivity contribution in [2.75, 3.05) is 12.8 Å². The normalized spacial score (nSPS) is 10.2. The second-order valence-electron chi connectivity index (χ2n) is 4.26. The number of nitrogens with two attached hydrogens (primary N) is 2. The van der Waals surface area contributed by atoms with Gasteiger partial charge in [0, 0.05) is 10.6 Å². The number of carbonyl (C=O) groups excluding carboxylic acids is 1. The highest BCUT2D eigenvalue weighted by atomic mass is 32.2. The predicted octanol–water partition coefficient (Wildman–Crippen LogP) is 2.46. The highest BCUT2D eigenvalue weighted by Crippen LogP contribution is 2.35. The number of amides is 1. The second-order valence-corrected chi connectivity index (χ2v) is 5.37. The molecular formula is C15H16N2O2S. The number of nitrogen functional groups attached to an aromatic ring is 1. The molecule has 0 saturated heterocycles. The number of para-hydroxylation sites is 1. The van der Waals surface area contributed by atoms with Gasteiger partial charge in [0.15, 0.2) is 0 Å². The number of benzene rings is 2. The minimum atomic E-state index is -0.392. The Morgan fingerprint density at radius 2 is 2.00 bits per heavy atom. The van der Waals surface area contributed by atoms with Gasteiger partial charge in [-0.05, 0) is 35.9 Å². The van der Waals surface area contributed by atoms with Gasteiger partial charge < -0.3 is 16.2 Å². The Hall–Kier alpha value is -2.14. The van der Waals surface area contributed by atoms with E-state index in [1.165, 1.54) is 0 Å². The fraction of sp³-hybridized carbons (Fsp3) is 0.133. The van der Waals surface area contributed by atoms with Crippen molar-refractivity contribution in [1.29, 1.82) is 0 Å². The fourth-order valence-electron chi connectivity index (χ4n) is 1.82. The zero-order chi connectivity index (χ0) is 14.5. The second kappa shape index (κ2) is 6.34. The van der Waals surface area contributed by atoms with Gasteiger partial charge in [0.25, 0.3) is 0 Å². The van der Waals surface area contributed by atoms with E-state index in [-0.39, 0.29) is 6.42 Å². The number of hydrogen-bond acceptors (Lipinski definition) is 4. The van der Waals surface area contributed by atoms with E-state index in [9.17, 15) is 4.79 Å². The van der Waals surface area contributed by atoms with E-state index in [1.807, 2.05) is 36.4 Å². The lowest BCUT2D eigenvalue weighted by Crippen LogP contribution is -2.14. The third-order valence-electron chi connectivity index (χ3n) is 2.78. The number of methoxy groups -OCH3 is 1. The third kappa shape index (κ3) is 3.45. The Labute approximate surface area is 122 Å². The van der Waals surface area contributed by atoms with Crippen LogP contribution in [0.1, 0.15) is 5.56 Å². The first-order valence-electron chi connectivity index (χ1n) is 6.07. The quantitative estimate of drug-likeness (QED) is 0.828. The molecule has 0 atom stereocenters. The summed E-state index contributed by atoms with van der Waals surface area (Å²) in [6.45, 7) is 0. The molecule has 0 radical (unpaired) electrons. The summed E-state index contributed by atoms with van der Waals surface area (Å²) in [5.74, 6) is 0.418. The first kappa shape index (κ1) is 14.3. The van der Waals surface area contributed by atoms with Gasteiger partial charge in [0.1, 0.15) is 5.75 Å². The van der Waals surface area contributed by atoms with Crippen LogP contribution in [0.3, 0.4) is 0 Å². The van der Waals surface area contributed by atoms with E-state index < -0.39 is 5.91 Å². The highest BCUT2D eigenvalue weighted by Gasteiger charge is 2.08. The third-order valence-corrected chi connectivity index (χ3v) is 3.82. The van der Waals surface area contributed by atoms with Gasteiger partial charge in [0.05, 0.1) is 18.4 Å². The van der Waals surface area contributed by atoms with Crippen molar-refractivity contribution >= 4 is 23.4 Å². The van der Waals surface area contributed by atoms with E-state index in [1.54, 1.807) is 24.9 Å². The molecule has 0 heterocycles. The molecule has 2 aromatic carbocycles. The van der Waals surface area contributed by atoms with Crippen molar-refractivity contribution in [2.45, 2.75) is 16.2 Å². The fourth-order valence-corrected chi connectivity index (χ4v) is 2.81. The van der Waals surface area contributed by atoms with Crippen LogP contribution in [0.5, 0.6) is 5.75 Å². The van der Waals surface area contributed by atoms with E-state index in [0.29, 0.717) is 5.69 Å². The van der Waals surface area contributed by atoms with Crippen LogP contribution in [0.15, 0.2) is 52.3 Å². The maximum Gasteiger partial charge on any atom is 0.221 e. The maximum absolute atomic E-state index is 11.0. The topological polar surface area (TPSA) is 78.3 Å². The van der Waals surface area contributed by atoms with Gasteiger partial charge in [-0.25, -0.2) is 0 Å². The SMILES string of the molecule is COc1ccccc1Sc1ccc(N)c(CC(N)=O)c1. The lowest BCUT2D eigenvalue weighted by Gasteiger charge is -2.10. The van der Waals surface area contributed by atoms with Crippen LogP contribution in [0.25, 0.3) is 0 Å². The Kier molecular flexibility index (Phi) is 4.53. The average Bonchev–Trinajstić information content (AvgIpc) is 2.42. The summed E-state index contributed by atoms with van der Waals surface area (Å²) < 4.78 is 5.32. The van der Waals surface area contributed by atoms with E-state index >= 15 is 0 Å². The molecule has 1 amide bonds. The zero-order valence-electron chi connectivity index (χ0n) is 11.1. The molecule has 104 valence electrons. The minimum absolute atomic E-state index is 0.145. The standard InChI is InChI=1S/C15H16N2O2S/c1-19-13-4-2-3-5-14(13)20-11-6-7-12(16)10(8-11)9-15(17)18/h2-8H,9,16H2,1H3,(H2,17,18). The number of ether oxygens (including phenoxy) is 1. The minimum Gasteiger partial charge on any atom is -0.496 e. The van der Waals surface area contributed by atoms with Crippen molar-refractivity contribution < 1.29 is 9.53 Å². The van der Waals surface area contributed by atoms with Crippen LogP contribution in [0.4, 0.5) is 5.69 Å². The summed E-state index contributed by atoms with van der Waals surface area (Å²) in [6.07, 6.45) is 0.145. The molecule has 0 aliphatic heterocycles. The molecule has 2 aromatic rings. The van der Waals surface area contributed by atoms with Crippen LogP contribution in [0.2, 0.25) is 0 Å². The molecule has 0 fully saturated rings. The highest BCUT2D eigenvalue weighted by molar-refractivity contribution is 7.99. The Morgan fingerprint density at radius 3 is 2.70 bits per heavy atom. The molecule has 0 spiro atoms. The first-order chi connectivity index (χ1) is 9.60. The predicted molar refractivity (Wildman–Crippen MR) is 80.9 cm³/mol. The van der Waals surface area contributed by atoms with Crippen LogP contribution in [-0.2, 0) is 11.2 Å². The summed E-state index contributed by atoms with van der Waals surface area (Å²) in [7, 11) is 1.64. The zero-order valence-corrected chi connectivity index (χ0v) is 11.9. The van der Waals surface area contributed by atoms with Crippen molar-refractivity contribution in [3.63, 3.8) is 0 Å². The molecular weight excluding hydrogens is 272 g/mol. The van der Waals surface area contributed by atoms with E-state index in [2.05, 4.69) is 0 Å². The summed E-state index contributed by atoms with van der Waals surface area (Å²) in [5, 5.41) is 0. The molecule has 5 heteroatoms. The van der Waals surface area contributed by atoms with Crippen molar-refractivity contribution in [3.8, 4) is 5.75 Å². The van der Waals surface area contributed by atoms with Crippen molar-refractivity contribution in [3.05, 3.63) is 48.0 Å². The molecule has 0 aliphatic rings. The Balaban J connectivity index is 2.27. The van der Waals surface area contributed by atoms with Crippen molar-refractivity contribution in [2.24, 2.45) is 5.73 Å². The largest absolute Gasteiger partial charge is 0.496 e. The van der Waals surface area contributed by atoms with E-state index in [0.717, 1.165) is 21.1 Å². The van der Waals surface area contributed by atoms with Gasteiger partial charge in [-0.2, -0.15) is 0 Å². The van der Waals surface area contributed by atoms with Gasteiger partial charge in [-0.3, -0.25) is 4.79 Å². The van der Waals surface area contributed by atoms with Gasteiger partial charge in [-0.15, -0.1) is 0 Å². The number of carbonyl (C=O) groups is 1. The lowest BCUT2D eigenvalue weighted by atomic mass is 10.1. The monoisotopic (exact) mass is 288 g/mol. The average molecular weight is 288 g/mol. The van der Waals surface area contributed by atoms with Crippen LogP contribution < -0.4 is 16.2 Å². The number of rotatable bonds is 5. The van der Waals surface area contributed by atoms with Gasteiger partial charge in [-0.1, -0.05) is 23.9 Å². The summed E-state index contributed by atoms with van der Waals surface area (Å²) >= 11 is 1.56. The smallest absolute Gasteiger partial charge is 0.221 e. The molecule has 4 nitrogen and oxygen atoms in total. The van der Waals surface area contributed by atoms with Gasteiger partial charge in [0.2, 0.25) is 5.91 Å². The Bertz CT molecular complexity index is 629. The summed E-state index contributed by atoms with van der Waals surface area (Å²) in [4.78, 5) is 13.0. The first-order valence-corrected chi connectivity index (χ1v) is 6.89. The number of hydrogen-bond donors (Lipinski definition) is 2. The van der Waals surface area contributed by atoms with Crippen molar-refractivity contribution in [1.82, 2.24) is 0 Å².